The molecule has 0 fully saturated rings. The first kappa shape index (κ1) is 22.4. The zero-order valence-electron chi connectivity index (χ0n) is 15.1. The fourth-order valence-corrected chi connectivity index (χ4v) is 3.57. The molecule has 1 aromatic heterocycles. The summed E-state index contributed by atoms with van der Waals surface area (Å²) in [6.45, 7) is 1.10. The van der Waals surface area contributed by atoms with Gasteiger partial charge in [0, 0.05) is 17.2 Å². The molecule has 0 saturated carbocycles. The first-order valence-electron chi connectivity index (χ1n) is 8.12. The summed E-state index contributed by atoms with van der Waals surface area (Å²) in [5.41, 5.74) is -0.848. The van der Waals surface area contributed by atoms with Crippen molar-refractivity contribution in [2.24, 2.45) is 0 Å². The summed E-state index contributed by atoms with van der Waals surface area (Å²) in [6.07, 6.45) is -2.38. The minimum atomic E-state index is -4.54. The third-order valence-electron chi connectivity index (χ3n) is 3.54. The lowest BCUT2D eigenvalue weighted by molar-refractivity contribution is -0.137. The lowest BCUT2D eigenvalue weighted by Crippen LogP contribution is -2.17. The Morgan fingerprint density at radius 3 is 2.43 bits per heavy atom. The quantitative estimate of drug-likeness (QED) is 0.577. The van der Waals surface area contributed by atoms with Gasteiger partial charge in [-0.3, -0.25) is 4.72 Å². The molecule has 0 unspecified atom stereocenters. The molecule has 1 N–H and O–H groups in total. The minimum Gasteiger partial charge on any atom is -0.476 e. The number of nitrogens with one attached hydrogen (secondary N) is 1. The Morgan fingerprint density at radius 1 is 1.21 bits per heavy atom. The van der Waals surface area contributed by atoms with Crippen LogP contribution in [0.15, 0.2) is 45.9 Å². The summed E-state index contributed by atoms with van der Waals surface area (Å²) in [7, 11) is -0.289. The monoisotopic (exact) mass is 481 g/mol. The van der Waals surface area contributed by atoms with Gasteiger partial charge in [0.1, 0.15) is 5.69 Å². The van der Waals surface area contributed by atoms with Crippen molar-refractivity contribution < 1.29 is 26.3 Å². The SMILES string of the molecule is CN(C)CCCOc1ncc(Br)cc1NS(=O)(=O)c1ccc(C(F)(F)F)cc1. The normalized spacial score (nSPS) is 12.2. The van der Waals surface area contributed by atoms with E-state index >= 15 is 0 Å². The van der Waals surface area contributed by atoms with E-state index in [-0.39, 0.29) is 16.5 Å². The third kappa shape index (κ3) is 6.35. The Balaban J connectivity index is 2.19. The highest BCUT2D eigenvalue weighted by molar-refractivity contribution is 9.10. The van der Waals surface area contributed by atoms with E-state index in [1.807, 2.05) is 19.0 Å². The highest BCUT2D eigenvalue weighted by Crippen LogP contribution is 2.31. The number of sulfonamides is 1. The van der Waals surface area contributed by atoms with Crippen molar-refractivity contribution in [2.75, 3.05) is 32.0 Å². The van der Waals surface area contributed by atoms with Gasteiger partial charge in [-0.05, 0) is 66.8 Å². The molecule has 0 saturated heterocycles. The van der Waals surface area contributed by atoms with E-state index in [0.717, 1.165) is 18.7 Å². The number of halogens is 4. The van der Waals surface area contributed by atoms with Gasteiger partial charge in [-0.15, -0.1) is 0 Å². The van der Waals surface area contributed by atoms with Crippen LogP contribution in [0.25, 0.3) is 0 Å². The minimum absolute atomic E-state index is 0.0810. The number of benzene rings is 1. The van der Waals surface area contributed by atoms with Gasteiger partial charge < -0.3 is 9.64 Å². The summed E-state index contributed by atoms with van der Waals surface area (Å²) < 4.78 is 71.5. The highest BCUT2D eigenvalue weighted by Gasteiger charge is 2.30. The second-order valence-electron chi connectivity index (χ2n) is 6.14. The third-order valence-corrected chi connectivity index (χ3v) is 5.36. The number of ether oxygens (including phenoxy) is 1. The zero-order valence-corrected chi connectivity index (χ0v) is 17.5. The Labute approximate surface area is 169 Å². The molecule has 154 valence electrons. The topological polar surface area (TPSA) is 71.5 Å². The fraction of sp³-hybridized carbons (Fsp3) is 0.353. The van der Waals surface area contributed by atoms with E-state index in [1.165, 1.54) is 12.3 Å². The van der Waals surface area contributed by atoms with Gasteiger partial charge in [-0.25, -0.2) is 13.4 Å². The molecule has 0 amide bonds. The fourth-order valence-electron chi connectivity index (χ4n) is 2.19. The molecule has 11 heteroatoms. The summed E-state index contributed by atoms with van der Waals surface area (Å²) in [5, 5.41) is 0. The summed E-state index contributed by atoms with van der Waals surface area (Å²) in [5.74, 6) is 0.0810. The molecule has 2 rings (SSSR count). The molecule has 28 heavy (non-hydrogen) atoms. The van der Waals surface area contributed by atoms with Crippen LogP contribution in [0.5, 0.6) is 5.88 Å². The number of pyridine rings is 1. The van der Waals surface area contributed by atoms with Crippen LogP contribution in [0.3, 0.4) is 0 Å². The van der Waals surface area contributed by atoms with E-state index in [9.17, 15) is 21.6 Å². The van der Waals surface area contributed by atoms with Crippen molar-refractivity contribution in [2.45, 2.75) is 17.5 Å². The van der Waals surface area contributed by atoms with Crippen LogP contribution in [0.4, 0.5) is 18.9 Å². The summed E-state index contributed by atoms with van der Waals surface area (Å²) >= 11 is 3.21. The first-order chi connectivity index (χ1) is 13.0. The number of nitrogens with zero attached hydrogens (tertiary/aromatic N) is 2. The molecule has 1 heterocycles. The maximum Gasteiger partial charge on any atom is 0.416 e. The van der Waals surface area contributed by atoms with Gasteiger partial charge in [0.25, 0.3) is 10.0 Å². The maximum absolute atomic E-state index is 12.7. The van der Waals surface area contributed by atoms with Crippen LogP contribution in [0.1, 0.15) is 12.0 Å². The number of aromatic nitrogens is 1. The maximum atomic E-state index is 12.7. The van der Waals surface area contributed by atoms with E-state index < -0.39 is 21.8 Å². The molecule has 6 nitrogen and oxygen atoms in total. The standard InChI is InChI=1S/C17H19BrF3N3O3S/c1-24(2)8-3-9-27-16-15(10-13(18)11-22-16)23-28(25,26)14-6-4-12(5-7-14)17(19,20)21/h4-7,10-11,23H,3,8-9H2,1-2H3. The average molecular weight is 482 g/mol. The van der Waals surface area contributed by atoms with Gasteiger partial charge in [-0.2, -0.15) is 13.2 Å². The van der Waals surface area contributed by atoms with Gasteiger partial charge in [-0.1, -0.05) is 0 Å². The van der Waals surface area contributed by atoms with Crippen molar-refractivity contribution in [3.8, 4) is 5.88 Å². The smallest absolute Gasteiger partial charge is 0.416 e. The molecule has 0 spiro atoms. The molecule has 1 aromatic carbocycles. The van der Waals surface area contributed by atoms with Crippen molar-refractivity contribution in [3.05, 3.63) is 46.6 Å². The number of hydrogen-bond acceptors (Lipinski definition) is 5. The molecule has 0 aliphatic heterocycles. The van der Waals surface area contributed by atoms with Crippen LogP contribution >= 0.6 is 15.9 Å². The molecule has 0 atom stereocenters. The molecule has 0 radical (unpaired) electrons. The second-order valence-corrected chi connectivity index (χ2v) is 8.74. The predicted molar refractivity (Wildman–Crippen MR) is 103 cm³/mol. The zero-order chi connectivity index (χ0) is 20.9. The number of rotatable bonds is 8. The Morgan fingerprint density at radius 2 is 1.86 bits per heavy atom. The lowest BCUT2D eigenvalue weighted by atomic mass is 10.2. The Hall–Kier alpha value is -1.85. The van der Waals surface area contributed by atoms with Crippen LogP contribution < -0.4 is 9.46 Å². The van der Waals surface area contributed by atoms with Crippen molar-refractivity contribution >= 4 is 31.6 Å². The number of hydrogen-bond donors (Lipinski definition) is 1. The molecular weight excluding hydrogens is 463 g/mol. The lowest BCUT2D eigenvalue weighted by Gasteiger charge is -2.14. The van der Waals surface area contributed by atoms with E-state index in [4.69, 9.17) is 4.74 Å². The first-order valence-corrected chi connectivity index (χ1v) is 10.4. The second kappa shape index (κ2) is 9.10. The summed E-state index contributed by atoms with van der Waals surface area (Å²) in [6, 6.07) is 4.69. The van der Waals surface area contributed by atoms with Crippen LogP contribution in [0.2, 0.25) is 0 Å². The van der Waals surface area contributed by atoms with E-state index in [2.05, 4.69) is 25.6 Å². The molecule has 2 aromatic rings. The molecule has 0 aliphatic carbocycles. The van der Waals surface area contributed by atoms with Gasteiger partial charge >= 0.3 is 6.18 Å². The van der Waals surface area contributed by atoms with Gasteiger partial charge in [0.2, 0.25) is 5.88 Å². The van der Waals surface area contributed by atoms with E-state index in [0.29, 0.717) is 29.6 Å². The van der Waals surface area contributed by atoms with Crippen LogP contribution in [-0.4, -0.2) is 45.5 Å². The largest absolute Gasteiger partial charge is 0.476 e. The van der Waals surface area contributed by atoms with Crippen molar-refractivity contribution in [1.82, 2.24) is 9.88 Å². The van der Waals surface area contributed by atoms with Crippen LogP contribution in [0, 0.1) is 0 Å². The van der Waals surface area contributed by atoms with Crippen LogP contribution in [-0.2, 0) is 16.2 Å². The average Bonchev–Trinajstić information content (AvgIpc) is 2.59. The number of alkyl halides is 3. The van der Waals surface area contributed by atoms with Crippen molar-refractivity contribution in [1.29, 1.82) is 0 Å². The molecular formula is C17H19BrF3N3O3S. The highest BCUT2D eigenvalue weighted by atomic mass is 79.9. The van der Waals surface area contributed by atoms with E-state index in [1.54, 1.807) is 0 Å². The van der Waals surface area contributed by atoms with Gasteiger partial charge in [0.15, 0.2) is 0 Å². The Bertz CT molecular complexity index is 904. The van der Waals surface area contributed by atoms with Crippen molar-refractivity contribution in [3.63, 3.8) is 0 Å². The predicted octanol–water partition coefficient (Wildman–Crippen LogP) is 3.99. The molecule has 0 bridgehead atoms. The Kier molecular flexibility index (Phi) is 7.29. The molecule has 0 aliphatic rings. The summed E-state index contributed by atoms with van der Waals surface area (Å²) in [4.78, 5) is 5.73. The van der Waals surface area contributed by atoms with Gasteiger partial charge in [0.05, 0.1) is 17.1 Å². The number of anilines is 1.